The maximum absolute atomic E-state index is 13.5. The highest BCUT2D eigenvalue weighted by molar-refractivity contribution is 14.1. The number of nitrogens with two attached hydrogens (primary N) is 1. The zero-order valence-electron chi connectivity index (χ0n) is 7.84. The molecule has 3 heteroatoms. The molecule has 0 heterocycles. The van der Waals surface area contributed by atoms with Crippen molar-refractivity contribution in [3.8, 4) is 0 Å². The molecule has 1 aromatic carbocycles. The highest BCUT2D eigenvalue weighted by atomic mass is 127. The van der Waals surface area contributed by atoms with Crippen LogP contribution < -0.4 is 5.73 Å². The second-order valence-electron chi connectivity index (χ2n) is 3.88. The first-order chi connectivity index (χ1) is 6.68. The predicted octanol–water partition coefficient (Wildman–Crippen LogP) is 3.23. The predicted molar refractivity (Wildman–Crippen MR) is 63.4 cm³/mol. The Hall–Kier alpha value is -0.160. The molecule has 0 unspecified atom stereocenters. The highest BCUT2D eigenvalue weighted by Gasteiger charge is 2.27. The highest BCUT2D eigenvalue weighted by Crippen LogP contribution is 2.37. The van der Waals surface area contributed by atoms with Gasteiger partial charge in [0.2, 0.25) is 0 Å². The summed E-state index contributed by atoms with van der Waals surface area (Å²) in [6, 6.07) is 5.03. The third kappa shape index (κ3) is 1.93. The lowest BCUT2D eigenvalue weighted by Crippen LogP contribution is -2.27. The van der Waals surface area contributed by atoms with Gasteiger partial charge in [0.15, 0.2) is 0 Å². The van der Waals surface area contributed by atoms with Gasteiger partial charge in [0.05, 0.1) is 0 Å². The van der Waals surface area contributed by atoms with E-state index in [1.807, 2.05) is 6.07 Å². The number of hydrogen-bond donors (Lipinski definition) is 1. The summed E-state index contributed by atoms with van der Waals surface area (Å²) < 4.78 is 14.5. The van der Waals surface area contributed by atoms with Crippen molar-refractivity contribution >= 4 is 22.6 Å². The van der Waals surface area contributed by atoms with Crippen LogP contribution in [0.3, 0.4) is 0 Å². The van der Waals surface area contributed by atoms with Gasteiger partial charge in [-0.3, -0.25) is 0 Å². The van der Waals surface area contributed by atoms with Crippen molar-refractivity contribution in [3.05, 3.63) is 33.1 Å². The summed E-state index contributed by atoms with van der Waals surface area (Å²) in [6.45, 7) is 0. The van der Waals surface area contributed by atoms with Gasteiger partial charge < -0.3 is 5.73 Å². The van der Waals surface area contributed by atoms with Crippen molar-refractivity contribution in [1.82, 2.24) is 0 Å². The van der Waals surface area contributed by atoms with Gasteiger partial charge >= 0.3 is 0 Å². The molecule has 0 bridgehead atoms. The van der Waals surface area contributed by atoms with E-state index in [2.05, 4.69) is 22.6 Å². The first-order valence-electron chi connectivity index (χ1n) is 4.89. The molecule has 1 saturated carbocycles. The molecule has 1 aliphatic carbocycles. The van der Waals surface area contributed by atoms with Gasteiger partial charge in [0.1, 0.15) is 5.82 Å². The topological polar surface area (TPSA) is 26.0 Å². The summed E-state index contributed by atoms with van der Waals surface area (Å²) in [5, 5.41) is 0. The minimum absolute atomic E-state index is 0.113. The average molecular weight is 305 g/mol. The van der Waals surface area contributed by atoms with E-state index in [1.54, 1.807) is 6.07 Å². The Morgan fingerprint density at radius 3 is 2.71 bits per heavy atom. The fourth-order valence-corrected chi connectivity index (χ4v) is 2.34. The molecule has 76 valence electrons. The monoisotopic (exact) mass is 305 g/mol. The minimum atomic E-state index is -0.162. The lowest BCUT2D eigenvalue weighted by molar-refractivity contribution is 0.260. The normalized spacial score (nSPS) is 19.1. The summed E-state index contributed by atoms with van der Waals surface area (Å²) >= 11 is 2.19. The molecule has 0 amide bonds. The van der Waals surface area contributed by atoms with E-state index in [9.17, 15) is 4.39 Å². The van der Waals surface area contributed by atoms with Crippen molar-refractivity contribution in [2.75, 3.05) is 0 Å². The molecular weight excluding hydrogens is 292 g/mol. The first kappa shape index (κ1) is 10.4. The van der Waals surface area contributed by atoms with Gasteiger partial charge in [-0.1, -0.05) is 6.42 Å². The first-order valence-corrected chi connectivity index (χ1v) is 5.97. The van der Waals surface area contributed by atoms with E-state index in [-0.39, 0.29) is 11.9 Å². The molecule has 0 spiro atoms. The maximum atomic E-state index is 13.5. The Bertz CT molecular complexity index is 336. The van der Waals surface area contributed by atoms with Crippen LogP contribution in [0.4, 0.5) is 4.39 Å². The van der Waals surface area contributed by atoms with Crippen LogP contribution in [0.15, 0.2) is 18.2 Å². The SMILES string of the molecule is N[C@H](c1cc(I)ccc1F)C1CCC1. The number of rotatable bonds is 2. The molecule has 1 atom stereocenters. The van der Waals surface area contributed by atoms with E-state index in [0.717, 1.165) is 16.4 Å². The van der Waals surface area contributed by atoms with Crippen molar-refractivity contribution in [2.24, 2.45) is 11.7 Å². The van der Waals surface area contributed by atoms with Crippen LogP contribution in [-0.4, -0.2) is 0 Å². The van der Waals surface area contributed by atoms with E-state index >= 15 is 0 Å². The molecule has 1 fully saturated rings. The molecular formula is C11H13FIN. The zero-order chi connectivity index (χ0) is 10.1. The molecule has 2 rings (SSSR count). The molecule has 0 radical (unpaired) electrons. The largest absolute Gasteiger partial charge is 0.324 e. The van der Waals surface area contributed by atoms with Crippen molar-refractivity contribution in [3.63, 3.8) is 0 Å². The summed E-state index contributed by atoms with van der Waals surface area (Å²) in [5.74, 6) is 0.326. The van der Waals surface area contributed by atoms with Gasteiger partial charge in [0, 0.05) is 15.2 Å². The van der Waals surface area contributed by atoms with Crippen molar-refractivity contribution in [1.29, 1.82) is 0 Å². The van der Waals surface area contributed by atoms with Gasteiger partial charge in [-0.15, -0.1) is 0 Å². The lowest BCUT2D eigenvalue weighted by Gasteiger charge is -2.31. The van der Waals surface area contributed by atoms with Crippen LogP contribution in [-0.2, 0) is 0 Å². The van der Waals surface area contributed by atoms with Crippen LogP contribution >= 0.6 is 22.6 Å². The van der Waals surface area contributed by atoms with Crippen LogP contribution in [0.1, 0.15) is 30.9 Å². The molecule has 1 nitrogen and oxygen atoms in total. The van der Waals surface area contributed by atoms with Gasteiger partial charge in [-0.25, -0.2) is 4.39 Å². The number of halogens is 2. The second kappa shape index (κ2) is 4.14. The molecule has 14 heavy (non-hydrogen) atoms. The van der Waals surface area contributed by atoms with Gasteiger partial charge in [-0.2, -0.15) is 0 Å². The van der Waals surface area contributed by atoms with Crippen LogP contribution in [0.25, 0.3) is 0 Å². The standard InChI is InChI=1S/C11H13FIN/c12-10-5-4-8(13)6-9(10)11(14)7-2-1-3-7/h4-7,11H,1-3,14H2/t11-/m0/s1. The fourth-order valence-electron chi connectivity index (χ4n) is 1.82. The molecule has 1 aromatic rings. The summed E-state index contributed by atoms with van der Waals surface area (Å²) in [4.78, 5) is 0. The third-order valence-electron chi connectivity index (χ3n) is 2.97. The number of benzene rings is 1. The van der Waals surface area contributed by atoms with Gasteiger partial charge in [-0.05, 0) is 59.5 Å². The summed E-state index contributed by atoms with van der Waals surface area (Å²) in [6.07, 6.45) is 3.53. The van der Waals surface area contributed by atoms with Crippen molar-refractivity contribution in [2.45, 2.75) is 25.3 Å². The summed E-state index contributed by atoms with van der Waals surface area (Å²) in [7, 11) is 0. The van der Waals surface area contributed by atoms with E-state index < -0.39 is 0 Å². The van der Waals surface area contributed by atoms with E-state index in [4.69, 9.17) is 5.73 Å². The Kier molecular flexibility index (Phi) is 3.07. The lowest BCUT2D eigenvalue weighted by atomic mass is 9.77. The third-order valence-corrected chi connectivity index (χ3v) is 3.65. The quantitative estimate of drug-likeness (QED) is 0.834. The fraction of sp³-hybridized carbons (Fsp3) is 0.455. The van der Waals surface area contributed by atoms with Crippen LogP contribution in [0.2, 0.25) is 0 Å². The Labute approximate surface area is 97.0 Å². The maximum Gasteiger partial charge on any atom is 0.128 e. The van der Waals surface area contributed by atoms with Gasteiger partial charge in [0.25, 0.3) is 0 Å². The Balaban J connectivity index is 2.24. The molecule has 0 aliphatic heterocycles. The summed E-state index contributed by atoms with van der Waals surface area (Å²) in [5.41, 5.74) is 6.71. The minimum Gasteiger partial charge on any atom is -0.324 e. The van der Waals surface area contributed by atoms with E-state index in [0.29, 0.717) is 11.5 Å². The van der Waals surface area contributed by atoms with Crippen LogP contribution in [0.5, 0.6) is 0 Å². The molecule has 2 N–H and O–H groups in total. The smallest absolute Gasteiger partial charge is 0.128 e. The average Bonchev–Trinajstić information content (AvgIpc) is 2.06. The Morgan fingerprint density at radius 1 is 1.43 bits per heavy atom. The Morgan fingerprint density at radius 2 is 2.14 bits per heavy atom. The molecule has 0 aromatic heterocycles. The number of hydrogen-bond acceptors (Lipinski definition) is 1. The second-order valence-corrected chi connectivity index (χ2v) is 5.13. The van der Waals surface area contributed by atoms with Crippen LogP contribution in [0, 0.1) is 15.3 Å². The van der Waals surface area contributed by atoms with Crippen molar-refractivity contribution < 1.29 is 4.39 Å². The molecule has 1 aliphatic rings. The zero-order valence-corrected chi connectivity index (χ0v) is 10.00. The van der Waals surface area contributed by atoms with E-state index in [1.165, 1.54) is 12.5 Å². The molecule has 0 saturated heterocycles.